The molecule has 3 aliphatic heterocycles. The summed E-state index contributed by atoms with van der Waals surface area (Å²) < 4.78 is 16.6. The third kappa shape index (κ3) is 18.6. The van der Waals surface area contributed by atoms with Crippen LogP contribution in [-0.2, 0) is 39.9 Å². The highest BCUT2D eigenvalue weighted by Gasteiger charge is 2.50. The van der Waals surface area contributed by atoms with E-state index in [1.807, 2.05) is 24.3 Å². The number of amides is 7. The van der Waals surface area contributed by atoms with Crippen molar-refractivity contribution in [2.75, 3.05) is 59.7 Å². The van der Waals surface area contributed by atoms with Gasteiger partial charge in [-0.15, -0.1) is 10.2 Å². The second-order valence-electron chi connectivity index (χ2n) is 23.0. The molecule has 4 heterocycles. The summed E-state index contributed by atoms with van der Waals surface area (Å²) in [4.78, 5) is 103. The van der Waals surface area contributed by atoms with Crippen molar-refractivity contribution >= 4 is 52.7 Å². The minimum absolute atomic E-state index is 0.00566. The molecule has 7 amide bonds. The molecule has 0 radical (unpaired) electrons. The first-order valence-corrected chi connectivity index (χ1v) is 31.1. The van der Waals surface area contributed by atoms with Crippen molar-refractivity contribution in [2.45, 2.75) is 151 Å². The van der Waals surface area contributed by atoms with Crippen molar-refractivity contribution in [3.05, 3.63) is 77.9 Å². The first kappa shape index (κ1) is 70.0. The van der Waals surface area contributed by atoms with Gasteiger partial charge in [-0.1, -0.05) is 62.1 Å². The number of β-amino-alcohol motifs (C(OH)–C–C–N with tert-alkyl or cyclic N) is 1. The van der Waals surface area contributed by atoms with Crippen LogP contribution in [0.15, 0.2) is 66.7 Å². The maximum Gasteiger partial charge on any atom is 0.251 e. The molecule has 16 N–H and O–H groups in total. The first-order chi connectivity index (χ1) is 43.1. The highest BCUT2D eigenvalue weighted by molar-refractivity contribution is 7.17. The number of nitrogens with zero attached hydrogens (tertiary/aromatic N) is 4. The molecule has 29 heteroatoms. The van der Waals surface area contributed by atoms with Crippen LogP contribution >= 0.6 is 11.3 Å². The van der Waals surface area contributed by atoms with Crippen molar-refractivity contribution in [1.82, 2.24) is 46.6 Å². The monoisotopic (exact) mass is 1280 g/mol. The molecular formula is C61H85N11O17S. The average Bonchev–Trinajstić information content (AvgIpc) is 1.78. The zero-order valence-electron chi connectivity index (χ0n) is 50.6. The van der Waals surface area contributed by atoms with Crippen LogP contribution in [0.5, 0.6) is 17.2 Å². The van der Waals surface area contributed by atoms with Crippen molar-refractivity contribution in [3.63, 3.8) is 0 Å². The summed E-state index contributed by atoms with van der Waals surface area (Å²) in [5.74, 6) is -7.93. The Hall–Kier alpha value is -7.45. The number of hydrogen-bond donors (Lipinski definition) is 14. The van der Waals surface area contributed by atoms with Gasteiger partial charge in [0.2, 0.25) is 35.4 Å². The molecular weight excluding hydrogens is 1190 g/mol. The molecule has 0 unspecified atom stereocenters. The van der Waals surface area contributed by atoms with E-state index in [0.717, 1.165) is 73.2 Å². The lowest BCUT2D eigenvalue weighted by Crippen LogP contribution is -2.64. The smallest absolute Gasteiger partial charge is 0.251 e. The van der Waals surface area contributed by atoms with E-state index in [1.165, 1.54) is 48.6 Å². The predicted molar refractivity (Wildman–Crippen MR) is 327 cm³/mol. The van der Waals surface area contributed by atoms with Crippen LogP contribution in [0.2, 0.25) is 0 Å². The Balaban J connectivity index is 1.13. The number of hydrogen-bond acceptors (Lipinski definition) is 22. The zero-order chi connectivity index (χ0) is 65.2. The molecule has 3 saturated heterocycles. The van der Waals surface area contributed by atoms with Gasteiger partial charge in [0.05, 0.1) is 43.2 Å². The maximum absolute atomic E-state index is 14.7. The number of aromatic nitrogens is 2. The fourth-order valence-corrected chi connectivity index (χ4v) is 11.8. The Morgan fingerprint density at radius 3 is 1.97 bits per heavy atom. The molecule has 0 bridgehead atoms. The number of methoxy groups -OCH3 is 1. The molecule has 0 spiro atoms. The van der Waals surface area contributed by atoms with Crippen LogP contribution in [-0.4, -0.2) is 230 Å². The van der Waals surface area contributed by atoms with E-state index in [1.54, 1.807) is 19.2 Å². The molecule has 13 atom stereocenters. The molecule has 28 nitrogen and oxygen atoms in total. The largest absolute Gasteiger partial charge is 0.504 e. The number of carbonyl (C=O) groups excluding carboxylic acids is 7. The van der Waals surface area contributed by atoms with Gasteiger partial charge in [-0.2, -0.15) is 0 Å². The van der Waals surface area contributed by atoms with E-state index >= 15 is 0 Å². The number of unbranched alkanes of at least 4 members (excludes halogenated alkanes) is 5. The Labute approximate surface area is 525 Å². The Morgan fingerprint density at radius 2 is 1.32 bits per heavy atom. The van der Waals surface area contributed by atoms with E-state index < -0.39 is 152 Å². The number of ether oxygens (including phenoxy) is 3. The summed E-state index contributed by atoms with van der Waals surface area (Å²) in [6, 6.07) is 6.71. The van der Waals surface area contributed by atoms with Crippen LogP contribution in [0.3, 0.4) is 0 Å². The minimum Gasteiger partial charge on any atom is -0.504 e. The number of nitrogens with one attached hydrogen (secondary N) is 5. The van der Waals surface area contributed by atoms with Crippen molar-refractivity contribution in [2.24, 2.45) is 17.4 Å². The molecule has 3 aliphatic rings. The van der Waals surface area contributed by atoms with Crippen molar-refractivity contribution in [1.29, 1.82) is 0 Å². The lowest BCUT2D eigenvalue weighted by atomic mass is 9.98. The molecule has 3 fully saturated rings. The van der Waals surface area contributed by atoms with E-state index in [4.69, 9.17) is 25.7 Å². The number of fused-ring (bicyclic) bond motifs is 2. The fourth-order valence-electron chi connectivity index (χ4n) is 11.0. The number of phenolic OH excluding ortho intramolecular Hbond substituents is 1. The Morgan fingerprint density at radius 1 is 0.700 bits per heavy atom. The molecule has 3 aromatic carbocycles. The summed E-state index contributed by atoms with van der Waals surface area (Å²) in [5, 5.41) is 101. The topological polar surface area (TPSA) is 433 Å². The van der Waals surface area contributed by atoms with Gasteiger partial charge < -0.3 is 97.8 Å². The zero-order valence-corrected chi connectivity index (χ0v) is 51.5. The van der Waals surface area contributed by atoms with Crippen LogP contribution in [0.25, 0.3) is 21.1 Å². The number of aliphatic hydroxyl groups is 6. The quantitative estimate of drug-likeness (QED) is 0.0358. The highest BCUT2D eigenvalue weighted by Crippen LogP contribution is 2.33. The number of aliphatic hydroxyl groups excluding tert-OH is 6. The first-order valence-electron chi connectivity index (χ1n) is 30.3. The Bertz CT molecular complexity index is 3050. The predicted octanol–water partition coefficient (Wildman–Crippen LogP) is -1.42. The van der Waals surface area contributed by atoms with Crippen LogP contribution in [0, 0.1) is 5.92 Å². The van der Waals surface area contributed by atoms with E-state index in [0.29, 0.717) is 22.2 Å². The van der Waals surface area contributed by atoms with Gasteiger partial charge in [-0.3, -0.25) is 33.6 Å². The van der Waals surface area contributed by atoms with Gasteiger partial charge in [0.1, 0.15) is 58.6 Å². The number of aromatic hydroxyl groups is 1. The second-order valence-corrected chi connectivity index (χ2v) is 24.0. The molecule has 4 aromatic rings. The lowest BCUT2D eigenvalue weighted by Gasteiger charge is -2.34. The van der Waals surface area contributed by atoms with Crippen LogP contribution in [0.4, 0.5) is 0 Å². The summed E-state index contributed by atoms with van der Waals surface area (Å²) in [7, 11) is 1.71. The molecule has 492 valence electrons. The van der Waals surface area contributed by atoms with Gasteiger partial charge in [-0.05, 0) is 86.8 Å². The van der Waals surface area contributed by atoms with Crippen molar-refractivity contribution < 1.29 is 83.5 Å². The second kappa shape index (κ2) is 33.6. The van der Waals surface area contributed by atoms with E-state index in [-0.39, 0.29) is 55.3 Å². The van der Waals surface area contributed by atoms with E-state index in [2.05, 4.69) is 36.8 Å². The van der Waals surface area contributed by atoms with Gasteiger partial charge in [0, 0.05) is 81.8 Å². The molecule has 0 aliphatic carbocycles. The van der Waals surface area contributed by atoms with Gasteiger partial charge in [-0.25, -0.2) is 0 Å². The third-order valence-electron chi connectivity index (χ3n) is 16.0. The number of rotatable bonds is 24. The molecule has 0 saturated carbocycles. The number of carbonyl (C=O) groups is 7. The number of benzene rings is 3. The summed E-state index contributed by atoms with van der Waals surface area (Å²) >= 11 is 1.31. The third-order valence-corrected chi connectivity index (χ3v) is 17.0. The van der Waals surface area contributed by atoms with Gasteiger partial charge in [0.25, 0.3) is 5.91 Å². The SMILES string of the molecule is COCCCCCCCCOc1ccc(-c2nnc(-c3ccc(C(=O)N[C@H]4C[C@@H](O)CNC(=O)[C@@H]5[C@@H](O)[C@@H](C)CN5C(=O)[C@H]([C@H](O)CCN)NC(=O)[C@H]([C@H](O)Cc5ccc(O)c(OCCN)c5)NC(=O)[C@@H]5C[C@@H](O)CN5C(=O)[C@H]([C@@H](C)O)NC4=O)cc3)s2)cc1. The molecule has 7 rings (SSSR count). The van der Waals surface area contributed by atoms with Crippen LogP contribution < -0.4 is 47.5 Å². The minimum atomic E-state index is -2.04. The number of nitrogens with two attached hydrogens (primary N) is 2. The van der Waals surface area contributed by atoms with Crippen molar-refractivity contribution in [3.8, 4) is 38.4 Å². The molecule has 90 heavy (non-hydrogen) atoms. The maximum atomic E-state index is 14.7. The average molecular weight is 1280 g/mol. The Kier molecular flexibility index (Phi) is 26.1. The van der Waals surface area contributed by atoms with Crippen LogP contribution in [0.1, 0.15) is 87.6 Å². The summed E-state index contributed by atoms with van der Waals surface area (Å²) in [6.07, 6.45) is -5.32. The lowest BCUT2D eigenvalue weighted by molar-refractivity contribution is -0.147. The standard InChI is InChI=1S/C61H85N11O17S/c1-33-31-72-51(52(33)79)57(84)64-30-39(74)28-42(65-53(80)36-11-13-37(14-12-36)58-69-70-59(90-58)38-15-17-41(18-16-38)88-24-9-7-5-4-6-8-23-87-3)54(81)66-48(34(2)73)60(85)71-32-40(75)29-43(71)55(82)67-49(56(83)68-50(61(72)86)45(77)20-21-62)46(78)26-35-10-19-44(76)47(27-35)89-25-22-63/h10-19,27,33-34,39-40,42-43,45-46,48-52,73-79H,4-9,20-26,28-32,62-63H2,1-3H3,(H,64,84)(H,65,80)(H,66,81)(H,67,82)(H,68,83)/t33-,34+,39+,40+,42-,43-,45+,46+,48-,49-,50-,51-,52-/m0/s1. The molecule has 1 aromatic heterocycles. The van der Waals surface area contributed by atoms with E-state index in [9.17, 15) is 69.3 Å². The fraction of sp³-hybridized carbons (Fsp3) is 0.557. The van der Waals surface area contributed by atoms with Gasteiger partial charge >= 0.3 is 0 Å². The summed E-state index contributed by atoms with van der Waals surface area (Å²) in [5.41, 5.74) is 13.1. The highest BCUT2D eigenvalue weighted by atomic mass is 32.1. The van der Waals surface area contributed by atoms with Gasteiger partial charge in [0.15, 0.2) is 11.5 Å². The normalized spacial score (nSPS) is 25.0. The summed E-state index contributed by atoms with van der Waals surface area (Å²) in [6.45, 7) is 2.45. The number of phenols is 1.